The summed E-state index contributed by atoms with van der Waals surface area (Å²) in [5.41, 5.74) is 3.74. The van der Waals surface area contributed by atoms with Gasteiger partial charge in [-0.25, -0.2) is 0 Å². The minimum atomic E-state index is 0.494. The van der Waals surface area contributed by atoms with Crippen LogP contribution in [0.2, 0.25) is 0 Å². The Morgan fingerprint density at radius 3 is 2.55 bits per heavy atom. The molecule has 0 fully saturated rings. The monoisotopic (exact) mass is 168 g/mol. The number of nitrogens with one attached hydrogen (secondary N) is 1. The maximum absolute atomic E-state index is 5.52. The van der Waals surface area contributed by atoms with Crippen molar-refractivity contribution >= 4 is 22.5 Å². The molecular formula is C8H9ClN2. The molecule has 0 amide bonds. The van der Waals surface area contributed by atoms with Gasteiger partial charge in [0.2, 0.25) is 0 Å². The zero-order valence-electron chi connectivity index (χ0n) is 6.21. The minimum absolute atomic E-state index is 0.494. The van der Waals surface area contributed by atoms with E-state index in [1.807, 2.05) is 30.3 Å². The summed E-state index contributed by atoms with van der Waals surface area (Å²) >= 11 is 5.52. The molecule has 0 aliphatic heterocycles. The fraction of sp³-hybridized carbons (Fsp3) is 0.125. The molecule has 58 valence electrons. The van der Waals surface area contributed by atoms with Gasteiger partial charge in [0.25, 0.3) is 0 Å². The highest BCUT2D eigenvalue weighted by Crippen LogP contribution is 2.04. The van der Waals surface area contributed by atoms with E-state index in [1.165, 1.54) is 0 Å². The standard InChI is InChI=1S/C8H9ClN2/c1-7(9)10-11-8-5-3-2-4-6-8/h2-6,11H,1H3/b10-7-. The highest BCUT2D eigenvalue weighted by atomic mass is 35.5. The van der Waals surface area contributed by atoms with Crippen molar-refractivity contribution in [3.05, 3.63) is 30.3 Å². The Morgan fingerprint density at radius 2 is 2.00 bits per heavy atom. The molecule has 0 unspecified atom stereocenters. The van der Waals surface area contributed by atoms with E-state index in [4.69, 9.17) is 11.6 Å². The summed E-state index contributed by atoms with van der Waals surface area (Å²) in [5.74, 6) is 0. The Hall–Kier alpha value is -1.02. The molecular weight excluding hydrogens is 160 g/mol. The molecule has 1 N–H and O–H groups in total. The molecule has 1 rings (SSSR count). The first-order valence-corrected chi connectivity index (χ1v) is 3.67. The minimum Gasteiger partial charge on any atom is -0.277 e. The molecule has 0 aliphatic carbocycles. The van der Waals surface area contributed by atoms with Gasteiger partial charge in [-0.15, -0.1) is 0 Å². The maximum atomic E-state index is 5.52. The molecule has 0 radical (unpaired) electrons. The topological polar surface area (TPSA) is 24.4 Å². The van der Waals surface area contributed by atoms with Crippen molar-refractivity contribution in [2.45, 2.75) is 6.92 Å². The molecule has 0 spiro atoms. The van der Waals surface area contributed by atoms with Crippen LogP contribution in [0, 0.1) is 0 Å². The molecule has 1 aromatic rings. The zero-order chi connectivity index (χ0) is 8.10. The first kappa shape index (κ1) is 8.08. The van der Waals surface area contributed by atoms with Crippen molar-refractivity contribution in [1.29, 1.82) is 0 Å². The normalized spacial score (nSPS) is 11.3. The van der Waals surface area contributed by atoms with Crippen LogP contribution in [-0.2, 0) is 0 Å². The van der Waals surface area contributed by atoms with Gasteiger partial charge < -0.3 is 0 Å². The lowest BCUT2D eigenvalue weighted by Gasteiger charge is -1.97. The average molecular weight is 169 g/mol. The molecule has 0 saturated heterocycles. The van der Waals surface area contributed by atoms with Gasteiger partial charge in [0.1, 0.15) is 5.17 Å². The molecule has 11 heavy (non-hydrogen) atoms. The van der Waals surface area contributed by atoms with E-state index in [0.29, 0.717) is 5.17 Å². The van der Waals surface area contributed by atoms with E-state index in [-0.39, 0.29) is 0 Å². The van der Waals surface area contributed by atoms with Gasteiger partial charge in [-0.05, 0) is 19.1 Å². The molecule has 0 saturated carbocycles. The molecule has 0 aromatic heterocycles. The lowest BCUT2D eigenvalue weighted by Crippen LogP contribution is -1.89. The van der Waals surface area contributed by atoms with E-state index in [1.54, 1.807) is 6.92 Å². The average Bonchev–Trinajstić information content (AvgIpc) is 2.03. The first-order chi connectivity index (χ1) is 5.29. The summed E-state index contributed by atoms with van der Waals surface area (Å²) in [6.45, 7) is 1.72. The number of hydrogen-bond donors (Lipinski definition) is 1. The smallest absolute Gasteiger partial charge is 0.123 e. The Bertz CT molecular complexity index is 240. The second-order valence-corrected chi connectivity index (χ2v) is 2.63. The third-order valence-corrected chi connectivity index (χ3v) is 1.20. The van der Waals surface area contributed by atoms with Crippen LogP contribution < -0.4 is 5.43 Å². The number of hydrazone groups is 1. The number of nitrogens with zero attached hydrogens (tertiary/aromatic N) is 1. The van der Waals surface area contributed by atoms with Gasteiger partial charge in [-0.3, -0.25) is 5.43 Å². The second-order valence-electron chi connectivity index (χ2n) is 2.09. The maximum Gasteiger partial charge on any atom is 0.123 e. The van der Waals surface area contributed by atoms with Gasteiger partial charge in [0.15, 0.2) is 0 Å². The third-order valence-electron chi connectivity index (χ3n) is 1.11. The number of rotatable bonds is 2. The molecule has 1 aromatic carbocycles. The summed E-state index contributed by atoms with van der Waals surface area (Å²) in [5, 5.41) is 4.32. The predicted molar refractivity (Wildman–Crippen MR) is 49.0 cm³/mol. The van der Waals surface area contributed by atoms with Crippen molar-refractivity contribution in [2.75, 3.05) is 5.43 Å². The van der Waals surface area contributed by atoms with E-state index in [0.717, 1.165) is 5.69 Å². The predicted octanol–water partition coefficient (Wildman–Crippen LogP) is 2.67. The molecule has 0 aliphatic rings. The third kappa shape index (κ3) is 3.05. The lowest BCUT2D eigenvalue weighted by atomic mass is 10.3. The summed E-state index contributed by atoms with van der Waals surface area (Å²) in [7, 11) is 0. The Morgan fingerprint density at radius 1 is 1.36 bits per heavy atom. The van der Waals surface area contributed by atoms with E-state index in [9.17, 15) is 0 Å². The largest absolute Gasteiger partial charge is 0.277 e. The summed E-state index contributed by atoms with van der Waals surface area (Å²) in [6, 6.07) is 9.65. The number of halogens is 1. The van der Waals surface area contributed by atoms with Gasteiger partial charge in [0, 0.05) is 0 Å². The van der Waals surface area contributed by atoms with Crippen molar-refractivity contribution < 1.29 is 0 Å². The number of benzene rings is 1. The van der Waals surface area contributed by atoms with Crippen molar-refractivity contribution in [3.63, 3.8) is 0 Å². The summed E-state index contributed by atoms with van der Waals surface area (Å²) < 4.78 is 0. The molecule has 0 atom stereocenters. The lowest BCUT2D eigenvalue weighted by molar-refractivity contribution is 1.34. The number of para-hydroxylation sites is 1. The van der Waals surface area contributed by atoms with E-state index >= 15 is 0 Å². The van der Waals surface area contributed by atoms with Crippen LogP contribution in [0.15, 0.2) is 35.4 Å². The van der Waals surface area contributed by atoms with Crippen molar-refractivity contribution in [1.82, 2.24) is 0 Å². The van der Waals surface area contributed by atoms with E-state index in [2.05, 4.69) is 10.5 Å². The highest BCUT2D eigenvalue weighted by molar-refractivity contribution is 6.64. The summed E-state index contributed by atoms with van der Waals surface area (Å²) in [6.07, 6.45) is 0. The Labute approximate surface area is 70.9 Å². The van der Waals surface area contributed by atoms with Crippen LogP contribution in [0.4, 0.5) is 5.69 Å². The molecule has 2 nitrogen and oxygen atoms in total. The Kier molecular flexibility index (Phi) is 2.93. The Balaban J connectivity index is 2.59. The van der Waals surface area contributed by atoms with Gasteiger partial charge >= 0.3 is 0 Å². The number of anilines is 1. The molecule has 3 heteroatoms. The summed E-state index contributed by atoms with van der Waals surface area (Å²) in [4.78, 5) is 0. The van der Waals surface area contributed by atoms with Crippen molar-refractivity contribution in [3.8, 4) is 0 Å². The highest BCUT2D eigenvalue weighted by Gasteiger charge is 1.84. The quantitative estimate of drug-likeness (QED) is 0.533. The zero-order valence-corrected chi connectivity index (χ0v) is 6.97. The van der Waals surface area contributed by atoms with Crippen LogP contribution in [0.3, 0.4) is 0 Å². The van der Waals surface area contributed by atoms with Crippen LogP contribution in [0.1, 0.15) is 6.92 Å². The van der Waals surface area contributed by atoms with Crippen molar-refractivity contribution in [2.24, 2.45) is 5.10 Å². The number of hydrogen-bond acceptors (Lipinski definition) is 2. The fourth-order valence-corrected chi connectivity index (χ4v) is 0.697. The first-order valence-electron chi connectivity index (χ1n) is 3.30. The molecule has 0 heterocycles. The van der Waals surface area contributed by atoms with Crippen LogP contribution in [-0.4, -0.2) is 5.17 Å². The second kappa shape index (κ2) is 3.98. The van der Waals surface area contributed by atoms with Crippen LogP contribution in [0.25, 0.3) is 0 Å². The van der Waals surface area contributed by atoms with Crippen LogP contribution in [0.5, 0.6) is 0 Å². The molecule has 0 bridgehead atoms. The van der Waals surface area contributed by atoms with Gasteiger partial charge in [-0.1, -0.05) is 29.8 Å². The SMILES string of the molecule is C/C(Cl)=N/Nc1ccccc1. The van der Waals surface area contributed by atoms with Gasteiger partial charge in [0.05, 0.1) is 5.69 Å². The van der Waals surface area contributed by atoms with E-state index < -0.39 is 0 Å². The van der Waals surface area contributed by atoms with Crippen LogP contribution >= 0.6 is 11.6 Å². The van der Waals surface area contributed by atoms with Gasteiger partial charge in [-0.2, -0.15) is 5.10 Å². The fourth-order valence-electron chi connectivity index (χ4n) is 0.654.